The molecule has 2 rings (SSSR count). The van der Waals surface area contributed by atoms with Crippen LogP contribution in [0.2, 0.25) is 0 Å². The van der Waals surface area contributed by atoms with Crippen LogP contribution in [0.4, 0.5) is 0 Å². The maximum absolute atomic E-state index is 11.4. The molecule has 0 saturated heterocycles. The average molecular weight is 161 g/mol. The molecule has 0 radical (unpaired) electrons. The van der Waals surface area contributed by atoms with Gasteiger partial charge in [0.2, 0.25) is 0 Å². The lowest BCUT2D eigenvalue weighted by atomic mass is 10.1. The van der Waals surface area contributed by atoms with Gasteiger partial charge in [-0.1, -0.05) is 19.1 Å². The van der Waals surface area contributed by atoms with Crippen molar-refractivity contribution < 1.29 is 4.79 Å². The molecule has 1 aliphatic carbocycles. The zero-order chi connectivity index (χ0) is 8.55. The SMILES string of the molecule is CCC(=O)c1c[nH]c2c1=CCC=2. The van der Waals surface area contributed by atoms with Crippen molar-refractivity contribution in [1.82, 2.24) is 4.98 Å². The van der Waals surface area contributed by atoms with E-state index >= 15 is 0 Å². The monoisotopic (exact) mass is 161 g/mol. The molecule has 0 spiro atoms. The Morgan fingerprint density at radius 2 is 2.42 bits per heavy atom. The van der Waals surface area contributed by atoms with Crippen molar-refractivity contribution in [2.24, 2.45) is 0 Å². The number of carbonyl (C=O) groups excluding carboxylic acids is 1. The van der Waals surface area contributed by atoms with E-state index in [0.29, 0.717) is 6.42 Å². The fourth-order valence-corrected chi connectivity index (χ4v) is 1.56. The highest BCUT2D eigenvalue weighted by Gasteiger charge is 2.08. The van der Waals surface area contributed by atoms with Crippen LogP contribution >= 0.6 is 0 Å². The minimum atomic E-state index is 0.221. The zero-order valence-electron chi connectivity index (χ0n) is 7.05. The van der Waals surface area contributed by atoms with E-state index < -0.39 is 0 Å². The molecule has 0 saturated carbocycles. The van der Waals surface area contributed by atoms with E-state index in [-0.39, 0.29) is 5.78 Å². The van der Waals surface area contributed by atoms with E-state index in [0.717, 1.165) is 22.6 Å². The number of fused-ring (bicyclic) bond motifs is 1. The normalized spacial score (nSPS) is 13.4. The Labute approximate surface area is 70.6 Å². The Kier molecular flexibility index (Phi) is 1.61. The third-order valence-electron chi connectivity index (χ3n) is 2.22. The summed E-state index contributed by atoms with van der Waals surface area (Å²) in [5.74, 6) is 0.221. The minimum absolute atomic E-state index is 0.221. The van der Waals surface area contributed by atoms with Crippen LogP contribution in [0, 0.1) is 0 Å². The molecule has 62 valence electrons. The molecule has 0 bridgehead atoms. The fraction of sp³-hybridized carbons (Fsp3) is 0.300. The Balaban J connectivity index is 2.63. The maximum atomic E-state index is 11.4. The summed E-state index contributed by atoms with van der Waals surface area (Å²) in [5, 5.41) is 2.20. The summed E-state index contributed by atoms with van der Waals surface area (Å²) in [4.78, 5) is 14.5. The van der Waals surface area contributed by atoms with Crippen LogP contribution in [0.1, 0.15) is 30.1 Å². The lowest BCUT2D eigenvalue weighted by Crippen LogP contribution is -2.23. The molecule has 2 heteroatoms. The molecule has 0 amide bonds. The first-order chi connectivity index (χ1) is 5.83. The Morgan fingerprint density at radius 1 is 1.58 bits per heavy atom. The quantitative estimate of drug-likeness (QED) is 0.632. The van der Waals surface area contributed by atoms with E-state index in [1.54, 1.807) is 0 Å². The van der Waals surface area contributed by atoms with Crippen LogP contribution in [-0.4, -0.2) is 10.8 Å². The van der Waals surface area contributed by atoms with Gasteiger partial charge in [0, 0.05) is 28.7 Å². The fourth-order valence-electron chi connectivity index (χ4n) is 1.56. The van der Waals surface area contributed by atoms with Crippen molar-refractivity contribution in [1.29, 1.82) is 0 Å². The summed E-state index contributed by atoms with van der Waals surface area (Å²) in [7, 11) is 0. The molecule has 0 atom stereocenters. The number of aromatic nitrogens is 1. The van der Waals surface area contributed by atoms with Gasteiger partial charge in [-0.25, -0.2) is 0 Å². The maximum Gasteiger partial charge on any atom is 0.164 e. The van der Waals surface area contributed by atoms with E-state index in [4.69, 9.17) is 0 Å². The van der Waals surface area contributed by atoms with Gasteiger partial charge in [-0.05, 0) is 6.42 Å². The molecular weight excluding hydrogens is 150 g/mol. The largest absolute Gasteiger partial charge is 0.361 e. The summed E-state index contributed by atoms with van der Waals surface area (Å²) in [6, 6.07) is 0. The van der Waals surface area contributed by atoms with Crippen molar-refractivity contribution in [3.05, 3.63) is 22.3 Å². The van der Waals surface area contributed by atoms with Crippen molar-refractivity contribution in [2.75, 3.05) is 0 Å². The molecular formula is C10H11NO. The predicted molar refractivity (Wildman–Crippen MR) is 48.2 cm³/mol. The first-order valence-electron chi connectivity index (χ1n) is 4.24. The van der Waals surface area contributed by atoms with Gasteiger partial charge in [-0.3, -0.25) is 4.79 Å². The smallest absolute Gasteiger partial charge is 0.164 e. The molecule has 0 fully saturated rings. The molecule has 0 aliphatic heterocycles. The molecule has 1 N–H and O–H groups in total. The van der Waals surface area contributed by atoms with Gasteiger partial charge < -0.3 is 4.98 Å². The number of hydrogen-bond donors (Lipinski definition) is 1. The Morgan fingerprint density at radius 3 is 3.17 bits per heavy atom. The van der Waals surface area contributed by atoms with Gasteiger partial charge in [-0.2, -0.15) is 0 Å². The summed E-state index contributed by atoms with van der Waals surface area (Å²) in [5.41, 5.74) is 0.848. The molecule has 2 nitrogen and oxygen atoms in total. The zero-order valence-corrected chi connectivity index (χ0v) is 7.05. The third kappa shape index (κ3) is 0.916. The second-order valence-electron chi connectivity index (χ2n) is 2.95. The molecule has 12 heavy (non-hydrogen) atoms. The van der Waals surface area contributed by atoms with Crippen LogP contribution in [0.15, 0.2) is 6.20 Å². The summed E-state index contributed by atoms with van der Waals surface area (Å²) in [6.07, 6.45) is 7.53. The summed E-state index contributed by atoms with van der Waals surface area (Å²) >= 11 is 0. The van der Waals surface area contributed by atoms with Crippen molar-refractivity contribution in [3.63, 3.8) is 0 Å². The van der Waals surface area contributed by atoms with E-state index in [1.165, 1.54) is 0 Å². The molecule has 1 aliphatic rings. The van der Waals surface area contributed by atoms with Crippen LogP contribution in [0.3, 0.4) is 0 Å². The third-order valence-corrected chi connectivity index (χ3v) is 2.22. The number of H-pyrrole nitrogens is 1. The van der Waals surface area contributed by atoms with Crippen LogP contribution in [0.25, 0.3) is 12.2 Å². The second-order valence-corrected chi connectivity index (χ2v) is 2.95. The highest BCUT2D eigenvalue weighted by Crippen LogP contribution is 1.97. The summed E-state index contributed by atoms with van der Waals surface area (Å²) < 4.78 is 0. The lowest BCUT2D eigenvalue weighted by Gasteiger charge is -1.89. The second kappa shape index (κ2) is 2.63. The Hall–Kier alpha value is -1.31. The topological polar surface area (TPSA) is 32.9 Å². The lowest BCUT2D eigenvalue weighted by molar-refractivity contribution is 0.0987. The van der Waals surface area contributed by atoms with Crippen LogP contribution < -0.4 is 10.6 Å². The van der Waals surface area contributed by atoms with Gasteiger partial charge in [-0.15, -0.1) is 0 Å². The van der Waals surface area contributed by atoms with E-state index in [9.17, 15) is 4.79 Å². The van der Waals surface area contributed by atoms with E-state index in [2.05, 4.69) is 17.1 Å². The van der Waals surface area contributed by atoms with Crippen molar-refractivity contribution >= 4 is 17.9 Å². The molecule has 1 aromatic heterocycles. The van der Waals surface area contributed by atoms with E-state index in [1.807, 2.05) is 13.1 Å². The summed E-state index contributed by atoms with van der Waals surface area (Å²) in [6.45, 7) is 1.89. The number of Topliss-reactive ketones (excluding diaryl/α,β-unsaturated/α-hetero) is 1. The Bertz CT molecular complexity index is 425. The van der Waals surface area contributed by atoms with Gasteiger partial charge in [0.25, 0.3) is 0 Å². The van der Waals surface area contributed by atoms with Crippen molar-refractivity contribution in [2.45, 2.75) is 19.8 Å². The van der Waals surface area contributed by atoms with Crippen LogP contribution in [0.5, 0.6) is 0 Å². The first-order valence-corrected chi connectivity index (χ1v) is 4.24. The van der Waals surface area contributed by atoms with Gasteiger partial charge in [0.15, 0.2) is 5.78 Å². The van der Waals surface area contributed by atoms with Crippen LogP contribution in [-0.2, 0) is 0 Å². The number of rotatable bonds is 2. The molecule has 1 aromatic rings. The highest BCUT2D eigenvalue weighted by atomic mass is 16.1. The standard InChI is InChI=1S/C10H11NO/c1-2-10(12)8-6-11-9-5-3-4-7(8)9/h4-6,11H,2-3H2,1H3. The average Bonchev–Trinajstić information content (AvgIpc) is 2.62. The molecule has 0 unspecified atom stereocenters. The van der Waals surface area contributed by atoms with Crippen molar-refractivity contribution in [3.8, 4) is 0 Å². The highest BCUT2D eigenvalue weighted by molar-refractivity contribution is 5.96. The molecule has 0 aromatic carbocycles. The molecule has 1 heterocycles. The number of ketones is 1. The first kappa shape index (κ1) is 7.35. The number of aromatic amines is 1. The van der Waals surface area contributed by atoms with Gasteiger partial charge in [0.1, 0.15) is 0 Å². The minimum Gasteiger partial charge on any atom is -0.361 e. The van der Waals surface area contributed by atoms with Gasteiger partial charge >= 0.3 is 0 Å². The van der Waals surface area contributed by atoms with Gasteiger partial charge in [0.05, 0.1) is 0 Å². The number of nitrogens with one attached hydrogen (secondary N) is 1. The predicted octanol–water partition coefficient (Wildman–Crippen LogP) is 0.572. The number of hydrogen-bond acceptors (Lipinski definition) is 1. The number of carbonyl (C=O) groups is 1.